The maximum absolute atomic E-state index is 12.3. The number of methoxy groups -OCH3 is 2. The number of amides is 2. The quantitative estimate of drug-likeness (QED) is 0.800. The number of hydrogen-bond donors (Lipinski definition) is 1. The number of hydrogen-bond acceptors (Lipinski definition) is 4. The zero-order valence-electron chi connectivity index (χ0n) is 13.2. The van der Waals surface area contributed by atoms with Crippen LogP contribution >= 0.6 is 0 Å². The van der Waals surface area contributed by atoms with Crippen molar-refractivity contribution in [3.63, 3.8) is 0 Å². The van der Waals surface area contributed by atoms with Crippen LogP contribution in [-0.2, 0) is 14.3 Å². The first-order chi connectivity index (χ1) is 10.6. The summed E-state index contributed by atoms with van der Waals surface area (Å²) in [5.41, 5.74) is 1.76. The van der Waals surface area contributed by atoms with Gasteiger partial charge in [0.25, 0.3) is 0 Å². The molecule has 1 aliphatic rings. The van der Waals surface area contributed by atoms with Crippen molar-refractivity contribution in [3.05, 3.63) is 23.8 Å². The minimum Gasteiger partial charge on any atom is -0.495 e. The van der Waals surface area contributed by atoms with E-state index in [4.69, 9.17) is 9.47 Å². The zero-order chi connectivity index (χ0) is 16.1. The Labute approximate surface area is 130 Å². The van der Waals surface area contributed by atoms with E-state index >= 15 is 0 Å². The standard InChI is InChI=1S/C16H22N2O4/c1-11-4-5-14(22-3)13(8-11)18-10-12(9-15(18)19)16(20)17-6-7-21-2/h4-5,8,12H,6-7,9-10H2,1-3H3,(H,17,20)/t12-/m0/s1. The number of ether oxygens (including phenoxy) is 2. The Hall–Kier alpha value is -2.08. The Bertz CT molecular complexity index is 559. The van der Waals surface area contributed by atoms with Gasteiger partial charge < -0.3 is 19.7 Å². The largest absolute Gasteiger partial charge is 0.495 e. The van der Waals surface area contributed by atoms with Gasteiger partial charge in [0, 0.05) is 26.6 Å². The fourth-order valence-electron chi connectivity index (χ4n) is 2.55. The van der Waals surface area contributed by atoms with Crippen LogP contribution in [0.3, 0.4) is 0 Å². The summed E-state index contributed by atoms with van der Waals surface area (Å²) in [4.78, 5) is 26.0. The lowest BCUT2D eigenvalue weighted by atomic mass is 10.1. The lowest BCUT2D eigenvalue weighted by Gasteiger charge is -2.20. The summed E-state index contributed by atoms with van der Waals surface area (Å²) in [7, 11) is 3.15. The Morgan fingerprint density at radius 2 is 2.18 bits per heavy atom. The molecule has 1 fully saturated rings. The maximum atomic E-state index is 12.3. The molecule has 0 saturated carbocycles. The third-order valence-electron chi connectivity index (χ3n) is 3.73. The van der Waals surface area contributed by atoms with E-state index < -0.39 is 0 Å². The molecule has 6 heteroatoms. The first-order valence-electron chi connectivity index (χ1n) is 7.28. The molecule has 1 aromatic rings. The van der Waals surface area contributed by atoms with E-state index in [1.807, 2.05) is 25.1 Å². The third kappa shape index (κ3) is 3.57. The molecule has 0 aromatic heterocycles. The number of nitrogens with zero attached hydrogens (tertiary/aromatic N) is 1. The van der Waals surface area contributed by atoms with Crippen molar-refractivity contribution in [2.75, 3.05) is 38.8 Å². The van der Waals surface area contributed by atoms with Gasteiger partial charge in [-0.25, -0.2) is 0 Å². The Kier molecular flexibility index (Phi) is 5.38. The van der Waals surface area contributed by atoms with Crippen molar-refractivity contribution in [1.82, 2.24) is 5.32 Å². The normalized spacial score (nSPS) is 17.7. The number of carbonyl (C=O) groups excluding carboxylic acids is 2. The molecule has 1 aliphatic heterocycles. The fourth-order valence-corrected chi connectivity index (χ4v) is 2.55. The van der Waals surface area contributed by atoms with E-state index in [-0.39, 0.29) is 24.2 Å². The Balaban J connectivity index is 2.09. The van der Waals surface area contributed by atoms with Gasteiger partial charge in [-0.1, -0.05) is 6.07 Å². The van der Waals surface area contributed by atoms with E-state index in [0.717, 1.165) is 11.3 Å². The Morgan fingerprint density at radius 1 is 1.41 bits per heavy atom. The highest BCUT2D eigenvalue weighted by atomic mass is 16.5. The van der Waals surface area contributed by atoms with Gasteiger partial charge in [0.05, 0.1) is 25.3 Å². The van der Waals surface area contributed by atoms with Crippen molar-refractivity contribution in [3.8, 4) is 5.75 Å². The summed E-state index contributed by atoms with van der Waals surface area (Å²) in [6.45, 7) is 3.24. The van der Waals surface area contributed by atoms with Gasteiger partial charge >= 0.3 is 0 Å². The van der Waals surface area contributed by atoms with Crippen LogP contribution in [0.25, 0.3) is 0 Å². The van der Waals surface area contributed by atoms with Gasteiger partial charge in [0.15, 0.2) is 0 Å². The second-order valence-corrected chi connectivity index (χ2v) is 5.36. The van der Waals surface area contributed by atoms with E-state index in [2.05, 4.69) is 5.32 Å². The highest BCUT2D eigenvalue weighted by Crippen LogP contribution is 2.33. The number of benzene rings is 1. The van der Waals surface area contributed by atoms with Crippen molar-refractivity contribution in [2.24, 2.45) is 5.92 Å². The number of carbonyl (C=O) groups is 2. The SMILES string of the molecule is COCCNC(=O)[C@H]1CC(=O)N(c2cc(C)ccc2OC)C1. The van der Waals surface area contributed by atoms with Gasteiger partial charge in [0.1, 0.15) is 5.75 Å². The number of aryl methyl sites for hydroxylation is 1. The van der Waals surface area contributed by atoms with E-state index in [1.54, 1.807) is 19.1 Å². The molecule has 2 amide bonds. The predicted molar refractivity (Wildman–Crippen MR) is 83.1 cm³/mol. The Morgan fingerprint density at radius 3 is 2.86 bits per heavy atom. The second kappa shape index (κ2) is 7.26. The molecule has 22 heavy (non-hydrogen) atoms. The third-order valence-corrected chi connectivity index (χ3v) is 3.73. The van der Waals surface area contributed by atoms with Crippen molar-refractivity contribution < 1.29 is 19.1 Å². The first kappa shape index (κ1) is 16.3. The molecule has 6 nitrogen and oxygen atoms in total. The van der Waals surface area contributed by atoms with E-state index in [0.29, 0.717) is 25.4 Å². The predicted octanol–water partition coefficient (Wildman–Crippen LogP) is 1.12. The monoisotopic (exact) mass is 306 g/mol. The molecule has 1 saturated heterocycles. The van der Waals surface area contributed by atoms with Crippen molar-refractivity contribution in [2.45, 2.75) is 13.3 Å². The van der Waals surface area contributed by atoms with Crippen LogP contribution in [0, 0.1) is 12.8 Å². The van der Waals surface area contributed by atoms with Crippen LogP contribution in [-0.4, -0.2) is 45.7 Å². The number of nitrogens with one attached hydrogen (secondary N) is 1. The van der Waals surface area contributed by atoms with Crippen LogP contribution in [0.2, 0.25) is 0 Å². The van der Waals surface area contributed by atoms with Crippen LogP contribution in [0.1, 0.15) is 12.0 Å². The summed E-state index contributed by atoms with van der Waals surface area (Å²) >= 11 is 0. The van der Waals surface area contributed by atoms with Gasteiger partial charge in [0.2, 0.25) is 11.8 Å². The molecule has 0 unspecified atom stereocenters. The minimum absolute atomic E-state index is 0.0595. The lowest BCUT2D eigenvalue weighted by molar-refractivity contribution is -0.126. The molecule has 0 aliphatic carbocycles. The van der Waals surface area contributed by atoms with Gasteiger partial charge in [-0.15, -0.1) is 0 Å². The molecule has 1 heterocycles. The van der Waals surface area contributed by atoms with Gasteiger partial charge in [-0.2, -0.15) is 0 Å². The average Bonchev–Trinajstić information content (AvgIpc) is 2.89. The van der Waals surface area contributed by atoms with Crippen molar-refractivity contribution >= 4 is 17.5 Å². The molecule has 0 bridgehead atoms. The van der Waals surface area contributed by atoms with Crippen LogP contribution in [0.15, 0.2) is 18.2 Å². The fraction of sp³-hybridized carbons (Fsp3) is 0.500. The average molecular weight is 306 g/mol. The van der Waals surface area contributed by atoms with E-state index in [9.17, 15) is 9.59 Å². The molecular formula is C16H22N2O4. The molecular weight excluding hydrogens is 284 g/mol. The van der Waals surface area contributed by atoms with Crippen LogP contribution in [0.5, 0.6) is 5.75 Å². The van der Waals surface area contributed by atoms with Gasteiger partial charge in [-0.05, 0) is 24.6 Å². The lowest BCUT2D eigenvalue weighted by Crippen LogP contribution is -2.34. The second-order valence-electron chi connectivity index (χ2n) is 5.36. The summed E-state index contributed by atoms with van der Waals surface area (Å²) in [5, 5.41) is 2.78. The summed E-state index contributed by atoms with van der Waals surface area (Å²) in [5.74, 6) is 0.129. The highest BCUT2D eigenvalue weighted by molar-refractivity contribution is 6.01. The summed E-state index contributed by atoms with van der Waals surface area (Å²) in [6.07, 6.45) is 0.218. The molecule has 1 aromatic carbocycles. The smallest absolute Gasteiger partial charge is 0.227 e. The van der Waals surface area contributed by atoms with Crippen molar-refractivity contribution in [1.29, 1.82) is 0 Å². The zero-order valence-corrected chi connectivity index (χ0v) is 13.2. The van der Waals surface area contributed by atoms with E-state index in [1.165, 1.54) is 0 Å². The maximum Gasteiger partial charge on any atom is 0.227 e. The summed E-state index contributed by atoms with van der Waals surface area (Å²) in [6, 6.07) is 5.67. The minimum atomic E-state index is -0.338. The molecule has 1 atom stereocenters. The topological polar surface area (TPSA) is 67.9 Å². The molecule has 0 spiro atoms. The first-order valence-corrected chi connectivity index (χ1v) is 7.28. The molecule has 1 N–H and O–H groups in total. The molecule has 120 valence electrons. The summed E-state index contributed by atoms with van der Waals surface area (Å²) < 4.78 is 10.2. The van der Waals surface area contributed by atoms with Crippen LogP contribution < -0.4 is 15.0 Å². The van der Waals surface area contributed by atoms with Crippen LogP contribution in [0.4, 0.5) is 5.69 Å². The van der Waals surface area contributed by atoms with Gasteiger partial charge in [-0.3, -0.25) is 9.59 Å². The molecule has 2 rings (SSSR count). The number of anilines is 1. The molecule has 0 radical (unpaired) electrons. The number of rotatable bonds is 6. The highest BCUT2D eigenvalue weighted by Gasteiger charge is 2.36.